The quantitative estimate of drug-likeness (QED) is 0.843. The number of halogens is 1. The van der Waals surface area contributed by atoms with Crippen molar-refractivity contribution < 1.29 is 4.39 Å². The molecule has 21 heavy (non-hydrogen) atoms. The van der Waals surface area contributed by atoms with Gasteiger partial charge in [0.25, 0.3) is 0 Å². The largest absolute Gasteiger partial charge is 0.310 e. The summed E-state index contributed by atoms with van der Waals surface area (Å²) in [6.45, 7) is 8.88. The number of nitrogens with one attached hydrogen (secondary N) is 1. The van der Waals surface area contributed by atoms with Crippen LogP contribution in [0.1, 0.15) is 40.8 Å². The number of likely N-dealkylation sites (N-methyl/N-ethyl adjacent to an activating group) is 1. The summed E-state index contributed by atoms with van der Waals surface area (Å²) >= 11 is 0. The molecule has 0 aliphatic rings. The Balaban J connectivity index is 2.33. The van der Waals surface area contributed by atoms with Gasteiger partial charge in [-0.25, -0.2) is 4.39 Å². The first-order valence-corrected chi connectivity index (χ1v) is 7.56. The highest BCUT2D eigenvalue weighted by molar-refractivity contribution is 5.36. The molecule has 0 heterocycles. The van der Waals surface area contributed by atoms with Crippen LogP contribution < -0.4 is 5.32 Å². The van der Waals surface area contributed by atoms with Gasteiger partial charge in [0.05, 0.1) is 0 Å². The van der Waals surface area contributed by atoms with E-state index < -0.39 is 0 Å². The number of aryl methyl sites for hydroxylation is 3. The molecule has 1 unspecified atom stereocenters. The Bertz CT molecular complexity index is 578. The Morgan fingerprint density at radius 1 is 1.00 bits per heavy atom. The van der Waals surface area contributed by atoms with E-state index in [0.29, 0.717) is 0 Å². The third kappa shape index (κ3) is 3.92. The molecule has 0 aliphatic carbocycles. The molecule has 2 rings (SSSR count). The molecule has 2 aromatic rings. The fourth-order valence-corrected chi connectivity index (χ4v) is 2.85. The van der Waals surface area contributed by atoms with Crippen molar-refractivity contribution in [1.82, 2.24) is 5.32 Å². The average molecular weight is 285 g/mol. The van der Waals surface area contributed by atoms with Gasteiger partial charge < -0.3 is 5.32 Å². The van der Waals surface area contributed by atoms with Crippen molar-refractivity contribution in [3.63, 3.8) is 0 Å². The molecule has 0 radical (unpaired) electrons. The molecule has 1 nitrogen and oxygen atoms in total. The second-order valence-corrected chi connectivity index (χ2v) is 5.78. The zero-order valence-corrected chi connectivity index (χ0v) is 13.3. The summed E-state index contributed by atoms with van der Waals surface area (Å²) in [4.78, 5) is 0. The molecule has 1 atom stereocenters. The zero-order valence-electron chi connectivity index (χ0n) is 13.3. The normalized spacial score (nSPS) is 12.4. The van der Waals surface area contributed by atoms with Gasteiger partial charge in [0.15, 0.2) is 0 Å². The van der Waals surface area contributed by atoms with Gasteiger partial charge in [0.2, 0.25) is 0 Å². The summed E-state index contributed by atoms with van der Waals surface area (Å²) in [7, 11) is 0. The lowest BCUT2D eigenvalue weighted by Crippen LogP contribution is -2.25. The van der Waals surface area contributed by atoms with Gasteiger partial charge in [-0.3, -0.25) is 0 Å². The van der Waals surface area contributed by atoms with Gasteiger partial charge in [-0.15, -0.1) is 0 Å². The van der Waals surface area contributed by atoms with E-state index in [9.17, 15) is 4.39 Å². The minimum Gasteiger partial charge on any atom is -0.310 e. The van der Waals surface area contributed by atoms with Gasteiger partial charge >= 0.3 is 0 Å². The SMILES string of the molecule is CCNC(Cc1ccc(C)cc1)c1c(C)cc(C)cc1F. The van der Waals surface area contributed by atoms with E-state index in [1.165, 1.54) is 11.1 Å². The third-order valence-electron chi connectivity index (χ3n) is 3.84. The fourth-order valence-electron chi connectivity index (χ4n) is 2.85. The van der Waals surface area contributed by atoms with E-state index in [1.807, 2.05) is 13.8 Å². The number of benzene rings is 2. The Kier molecular flexibility index (Phi) is 5.13. The molecule has 1 N–H and O–H groups in total. The number of hydrogen-bond donors (Lipinski definition) is 1. The average Bonchev–Trinajstić information content (AvgIpc) is 2.40. The van der Waals surface area contributed by atoms with Crippen LogP contribution in [-0.2, 0) is 6.42 Å². The van der Waals surface area contributed by atoms with Gasteiger partial charge in [0.1, 0.15) is 5.82 Å². The standard InChI is InChI=1S/C19H24FN/c1-5-21-18(12-16-8-6-13(2)7-9-16)19-15(4)10-14(3)11-17(19)20/h6-11,18,21H,5,12H2,1-4H3. The predicted molar refractivity (Wildman–Crippen MR) is 87.2 cm³/mol. The Labute approximate surface area is 127 Å². The van der Waals surface area contributed by atoms with Crippen LogP contribution in [0.5, 0.6) is 0 Å². The van der Waals surface area contributed by atoms with E-state index >= 15 is 0 Å². The molecular formula is C19H24FN. The third-order valence-corrected chi connectivity index (χ3v) is 3.84. The molecule has 0 amide bonds. The summed E-state index contributed by atoms with van der Waals surface area (Å²) in [6.07, 6.45) is 0.801. The Hall–Kier alpha value is -1.67. The fraction of sp³-hybridized carbons (Fsp3) is 0.368. The van der Waals surface area contributed by atoms with Crippen molar-refractivity contribution in [3.8, 4) is 0 Å². The zero-order chi connectivity index (χ0) is 15.4. The highest BCUT2D eigenvalue weighted by atomic mass is 19.1. The van der Waals surface area contributed by atoms with E-state index in [4.69, 9.17) is 0 Å². The minimum atomic E-state index is -0.106. The lowest BCUT2D eigenvalue weighted by atomic mass is 9.93. The molecule has 112 valence electrons. The first-order valence-electron chi connectivity index (χ1n) is 7.56. The maximum Gasteiger partial charge on any atom is 0.128 e. The second kappa shape index (κ2) is 6.86. The van der Waals surface area contributed by atoms with Gasteiger partial charge in [-0.1, -0.05) is 42.8 Å². The first kappa shape index (κ1) is 15.7. The summed E-state index contributed by atoms with van der Waals surface area (Å²) < 4.78 is 14.4. The maximum atomic E-state index is 14.4. The number of hydrogen-bond acceptors (Lipinski definition) is 1. The van der Waals surface area contributed by atoms with Crippen LogP contribution in [0.2, 0.25) is 0 Å². The van der Waals surface area contributed by atoms with Crippen LogP contribution in [0.4, 0.5) is 4.39 Å². The molecule has 0 aliphatic heterocycles. The van der Waals surface area contributed by atoms with Crippen molar-refractivity contribution in [2.75, 3.05) is 6.54 Å². The maximum absolute atomic E-state index is 14.4. The summed E-state index contributed by atoms with van der Waals surface area (Å²) in [6, 6.07) is 12.2. The molecule has 2 aromatic carbocycles. The Morgan fingerprint density at radius 3 is 2.24 bits per heavy atom. The van der Waals surface area contributed by atoms with Gasteiger partial charge in [0, 0.05) is 11.6 Å². The lowest BCUT2D eigenvalue weighted by molar-refractivity contribution is 0.506. The van der Waals surface area contributed by atoms with Crippen LogP contribution in [0, 0.1) is 26.6 Å². The second-order valence-electron chi connectivity index (χ2n) is 5.78. The van der Waals surface area contributed by atoms with Crippen molar-refractivity contribution >= 4 is 0 Å². The lowest BCUT2D eigenvalue weighted by Gasteiger charge is -2.22. The first-order chi connectivity index (χ1) is 10.0. The minimum absolute atomic E-state index is 0.0123. The van der Waals surface area contributed by atoms with Gasteiger partial charge in [-0.05, 0) is 56.5 Å². The van der Waals surface area contributed by atoms with Gasteiger partial charge in [-0.2, -0.15) is 0 Å². The van der Waals surface area contributed by atoms with E-state index in [0.717, 1.165) is 29.7 Å². The van der Waals surface area contributed by atoms with Crippen LogP contribution in [0.15, 0.2) is 36.4 Å². The van der Waals surface area contributed by atoms with Crippen molar-refractivity contribution in [3.05, 3.63) is 70.0 Å². The highest BCUT2D eigenvalue weighted by Crippen LogP contribution is 2.26. The molecule has 2 heteroatoms. The molecule has 0 fully saturated rings. The summed E-state index contributed by atoms with van der Waals surface area (Å²) in [5.74, 6) is -0.106. The predicted octanol–water partition coefficient (Wildman–Crippen LogP) is 4.64. The van der Waals surface area contributed by atoms with E-state index in [2.05, 4.69) is 49.5 Å². The molecule has 0 saturated heterocycles. The topological polar surface area (TPSA) is 12.0 Å². The summed E-state index contributed by atoms with van der Waals surface area (Å²) in [5.41, 5.74) is 5.26. The molecule has 0 spiro atoms. The molecular weight excluding hydrogens is 261 g/mol. The monoisotopic (exact) mass is 285 g/mol. The van der Waals surface area contributed by atoms with Crippen LogP contribution in [-0.4, -0.2) is 6.54 Å². The van der Waals surface area contributed by atoms with E-state index in [-0.39, 0.29) is 11.9 Å². The molecule has 0 aromatic heterocycles. The van der Waals surface area contributed by atoms with Crippen LogP contribution >= 0.6 is 0 Å². The Morgan fingerprint density at radius 2 is 1.67 bits per heavy atom. The number of rotatable bonds is 5. The summed E-state index contributed by atoms with van der Waals surface area (Å²) in [5, 5.41) is 3.42. The van der Waals surface area contributed by atoms with Crippen LogP contribution in [0.3, 0.4) is 0 Å². The van der Waals surface area contributed by atoms with Crippen molar-refractivity contribution in [2.45, 2.75) is 40.2 Å². The van der Waals surface area contributed by atoms with Crippen molar-refractivity contribution in [2.24, 2.45) is 0 Å². The van der Waals surface area contributed by atoms with Crippen molar-refractivity contribution in [1.29, 1.82) is 0 Å². The van der Waals surface area contributed by atoms with Crippen LogP contribution in [0.25, 0.3) is 0 Å². The smallest absolute Gasteiger partial charge is 0.128 e. The molecule has 0 saturated carbocycles. The molecule has 0 bridgehead atoms. The highest BCUT2D eigenvalue weighted by Gasteiger charge is 2.18. The van der Waals surface area contributed by atoms with E-state index in [1.54, 1.807) is 6.07 Å².